The largest absolute Gasteiger partial charge is 1.00 e. The minimum atomic E-state index is -0.607. The minimum Gasteiger partial charge on any atom is -0.465 e. The molecule has 0 fully saturated rings. The molecule has 0 saturated heterocycles. The summed E-state index contributed by atoms with van der Waals surface area (Å²) < 4.78 is 35.3. The third kappa shape index (κ3) is 11.1. The standard InChI is InChI=1S/C9H8BrFO2.C9H8FN3O2.N3.Na/c1-13-9(12)6-2-3-7(5-10)8(11)4-6;1-15-9(14)6-2-3-7(5-12-13-11)8(10)4-6;1-3-2;/h2-4H,5H2,1H3;2-4H,5H2,1H3;;/q;;-1;+1. The van der Waals surface area contributed by atoms with E-state index in [0.29, 0.717) is 10.9 Å². The van der Waals surface area contributed by atoms with Gasteiger partial charge in [-0.25, -0.2) is 18.4 Å². The van der Waals surface area contributed by atoms with Gasteiger partial charge in [-0.2, -0.15) is 0 Å². The van der Waals surface area contributed by atoms with E-state index in [9.17, 15) is 18.4 Å². The maximum absolute atomic E-state index is 13.3. The second-order valence-corrected chi connectivity index (χ2v) is 5.77. The Kier molecular flexibility index (Phi) is 17.7. The van der Waals surface area contributed by atoms with Gasteiger partial charge in [-0.05, 0) is 40.9 Å². The van der Waals surface area contributed by atoms with Crippen molar-refractivity contribution < 1.29 is 57.4 Å². The van der Waals surface area contributed by atoms with Crippen LogP contribution in [0.2, 0.25) is 0 Å². The number of hydrogen-bond acceptors (Lipinski definition) is 5. The first-order chi connectivity index (χ1) is 14.8. The minimum absolute atomic E-state index is 0. The molecule has 2 rings (SSSR count). The van der Waals surface area contributed by atoms with E-state index in [0.717, 1.165) is 6.07 Å². The van der Waals surface area contributed by atoms with Gasteiger partial charge in [-0.1, -0.05) is 33.2 Å². The second-order valence-electron chi connectivity index (χ2n) is 5.21. The van der Waals surface area contributed by atoms with Crippen LogP contribution in [-0.4, -0.2) is 26.2 Å². The summed E-state index contributed by atoms with van der Waals surface area (Å²) in [6, 6.07) is 8.10. The van der Waals surface area contributed by atoms with Crippen LogP contribution in [0.5, 0.6) is 0 Å². The first-order valence-corrected chi connectivity index (χ1v) is 9.20. The number of rotatable bonds is 5. The van der Waals surface area contributed by atoms with E-state index in [1.807, 2.05) is 0 Å². The van der Waals surface area contributed by atoms with Crippen molar-refractivity contribution in [2.24, 2.45) is 5.11 Å². The van der Waals surface area contributed by atoms with Crippen molar-refractivity contribution in [2.75, 3.05) is 14.2 Å². The zero-order chi connectivity index (χ0) is 23.8. The molecule has 0 heterocycles. The van der Waals surface area contributed by atoms with Crippen molar-refractivity contribution in [3.63, 3.8) is 0 Å². The van der Waals surface area contributed by atoms with E-state index in [1.165, 1.54) is 43.4 Å². The number of benzene rings is 2. The van der Waals surface area contributed by atoms with Crippen LogP contribution in [0, 0.1) is 11.6 Å². The summed E-state index contributed by atoms with van der Waals surface area (Å²) in [6.45, 7) is -0.0796. The second kappa shape index (κ2) is 18.0. The Morgan fingerprint density at radius 1 is 0.938 bits per heavy atom. The zero-order valence-electron chi connectivity index (χ0n) is 17.3. The topological polar surface area (TPSA) is 160 Å². The Morgan fingerprint density at radius 3 is 1.66 bits per heavy atom. The molecule has 0 unspecified atom stereocenters. The van der Waals surface area contributed by atoms with Crippen molar-refractivity contribution in [1.82, 2.24) is 0 Å². The molecule has 10 nitrogen and oxygen atoms in total. The van der Waals surface area contributed by atoms with Crippen molar-refractivity contribution in [3.05, 3.63) is 96.7 Å². The predicted octanol–water partition coefficient (Wildman–Crippen LogP) is 2.80. The fourth-order valence-electron chi connectivity index (χ4n) is 1.93. The number of hydrogen-bond donors (Lipinski definition) is 0. The van der Waals surface area contributed by atoms with Crippen molar-refractivity contribution in [2.45, 2.75) is 11.9 Å². The average Bonchev–Trinajstić information content (AvgIpc) is 2.78. The van der Waals surface area contributed by atoms with Crippen LogP contribution in [0.4, 0.5) is 8.78 Å². The third-order valence-electron chi connectivity index (χ3n) is 3.40. The Balaban J connectivity index is 0. The number of carbonyl (C=O) groups excluding carboxylic acids is 2. The van der Waals surface area contributed by atoms with E-state index in [4.69, 9.17) is 16.6 Å². The number of esters is 2. The Labute approximate surface area is 212 Å². The summed E-state index contributed by atoms with van der Waals surface area (Å²) >= 11 is 3.13. The molecule has 0 aliphatic rings. The Hall–Kier alpha value is -2.66. The van der Waals surface area contributed by atoms with Crippen molar-refractivity contribution in [1.29, 1.82) is 0 Å². The summed E-state index contributed by atoms with van der Waals surface area (Å²) in [5, 5.41) is 3.65. The van der Waals surface area contributed by atoms with Gasteiger partial charge in [-0.15, -0.1) is 0 Å². The van der Waals surface area contributed by atoms with Gasteiger partial charge in [0, 0.05) is 10.2 Å². The molecule has 32 heavy (non-hydrogen) atoms. The molecular weight excluding hydrogens is 505 g/mol. The van der Waals surface area contributed by atoms with E-state index in [2.05, 4.69) is 35.4 Å². The summed E-state index contributed by atoms with van der Waals surface area (Å²) in [7, 11) is 2.48. The van der Waals surface area contributed by atoms with E-state index in [-0.39, 0.29) is 52.8 Å². The number of carbonyl (C=O) groups is 2. The monoisotopic (exact) mass is 520 g/mol. The number of azide groups is 1. The quantitative estimate of drug-likeness (QED) is 0.148. The van der Waals surface area contributed by atoms with Crippen LogP contribution in [0.25, 0.3) is 26.4 Å². The molecule has 2 aromatic rings. The van der Waals surface area contributed by atoms with E-state index >= 15 is 0 Å². The van der Waals surface area contributed by atoms with Crippen LogP contribution in [0.1, 0.15) is 31.8 Å². The first kappa shape index (κ1) is 31.5. The fraction of sp³-hybridized carbons (Fsp3) is 0.222. The van der Waals surface area contributed by atoms with Gasteiger partial charge >= 0.3 is 41.5 Å². The summed E-state index contributed by atoms with van der Waals surface area (Å²) in [4.78, 5) is 26.0. The summed E-state index contributed by atoms with van der Waals surface area (Å²) in [6.07, 6.45) is 0. The van der Waals surface area contributed by atoms with Gasteiger partial charge in [0.2, 0.25) is 0 Å². The molecule has 0 radical (unpaired) electrons. The average molecular weight is 521 g/mol. The third-order valence-corrected chi connectivity index (χ3v) is 4.00. The summed E-state index contributed by atoms with van der Waals surface area (Å²) in [5.41, 5.74) is 22.7. The fourth-order valence-corrected chi connectivity index (χ4v) is 2.38. The maximum Gasteiger partial charge on any atom is 1.00 e. The van der Waals surface area contributed by atoms with Gasteiger partial charge in [0.15, 0.2) is 0 Å². The molecule has 0 aliphatic carbocycles. The predicted molar refractivity (Wildman–Crippen MR) is 111 cm³/mol. The number of ether oxygens (including phenoxy) is 2. The van der Waals surface area contributed by atoms with Gasteiger partial charge in [0.25, 0.3) is 0 Å². The number of nitrogens with zero attached hydrogens (tertiary/aromatic N) is 6. The van der Waals surface area contributed by atoms with Gasteiger partial charge in [0.1, 0.15) is 11.6 Å². The summed E-state index contributed by atoms with van der Waals surface area (Å²) in [5.74, 6) is -2.13. The molecule has 0 atom stereocenters. The number of halogens is 3. The van der Waals surface area contributed by atoms with Gasteiger partial charge in [-0.3, -0.25) is 4.91 Å². The Bertz CT molecular complexity index is 999. The first-order valence-electron chi connectivity index (χ1n) is 8.08. The molecule has 0 aliphatic heterocycles. The van der Waals surface area contributed by atoms with Crippen molar-refractivity contribution >= 4 is 27.9 Å². The number of methoxy groups -OCH3 is 2. The maximum atomic E-state index is 13.3. The molecule has 0 bridgehead atoms. The molecular formula is C18H16BrF2N6NaO4. The van der Waals surface area contributed by atoms with Gasteiger partial charge < -0.3 is 20.5 Å². The van der Waals surface area contributed by atoms with Crippen LogP contribution in [-0.2, 0) is 21.3 Å². The van der Waals surface area contributed by atoms with Gasteiger partial charge in [0.05, 0.1) is 31.9 Å². The molecule has 164 valence electrons. The van der Waals surface area contributed by atoms with Crippen LogP contribution in [0.15, 0.2) is 41.5 Å². The van der Waals surface area contributed by atoms with Crippen molar-refractivity contribution in [3.8, 4) is 0 Å². The van der Waals surface area contributed by atoms with Crippen LogP contribution < -0.4 is 29.6 Å². The smallest absolute Gasteiger partial charge is 0.465 e. The molecule has 0 aromatic heterocycles. The van der Waals surface area contributed by atoms with E-state index in [1.54, 1.807) is 6.07 Å². The zero-order valence-corrected chi connectivity index (χ0v) is 20.9. The molecule has 2 aromatic carbocycles. The Morgan fingerprint density at radius 2 is 1.34 bits per heavy atom. The molecule has 0 spiro atoms. The van der Waals surface area contributed by atoms with Crippen LogP contribution >= 0.6 is 15.9 Å². The van der Waals surface area contributed by atoms with Crippen LogP contribution in [0.3, 0.4) is 0 Å². The van der Waals surface area contributed by atoms with E-state index < -0.39 is 23.6 Å². The molecule has 0 amide bonds. The SMILES string of the molecule is COC(=O)c1ccc(CBr)c(F)c1.COC(=O)c1ccc(CN=[N+]=[N-])c(F)c1.[N-]=[N+]=[N-].[Na+]. The number of alkyl halides is 1. The normalized spacial score (nSPS) is 8.53. The molecule has 0 N–H and O–H groups in total. The molecule has 0 saturated carbocycles. The molecule has 14 heteroatoms.